The van der Waals surface area contributed by atoms with E-state index in [9.17, 15) is 21.6 Å². The van der Waals surface area contributed by atoms with Crippen molar-refractivity contribution in [2.75, 3.05) is 31.1 Å². The summed E-state index contributed by atoms with van der Waals surface area (Å²) < 4.78 is 66.9. The summed E-state index contributed by atoms with van der Waals surface area (Å²) >= 11 is 1.14. The van der Waals surface area contributed by atoms with Gasteiger partial charge in [-0.1, -0.05) is 12.1 Å². The SMILES string of the molecule is O=S(=O)(NCc1ccc(C(F)(F)F)cc1)c1cc2c(N3CCNCC3)nccc2s1. The Labute approximate surface area is 175 Å². The number of hydrogen-bond donors (Lipinski definition) is 2. The first kappa shape index (κ1) is 21.0. The fraction of sp³-hybridized carbons (Fsp3) is 0.316. The smallest absolute Gasteiger partial charge is 0.354 e. The third kappa shape index (κ3) is 4.43. The van der Waals surface area contributed by atoms with Gasteiger partial charge in [-0.3, -0.25) is 0 Å². The highest BCUT2D eigenvalue weighted by Crippen LogP contribution is 2.34. The number of thiophene rings is 1. The molecule has 1 fully saturated rings. The van der Waals surface area contributed by atoms with Crippen molar-refractivity contribution in [1.82, 2.24) is 15.0 Å². The molecule has 3 aromatic rings. The van der Waals surface area contributed by atoms with Crippen LogP contribution in [0.1, 0.15) is 11.1 Å². The molecule has 0 atom stereocenters. The number of rotatable bonds is 5. The number of benzene rings is 1. The van der Waals surface area contributed by atoms with E-state index in [2.05, 4.69) is 19.9 Å². The topological polar surface area (TPSA) is 74.3 Å². The van der Waals surface area contributed by atoms with Gasteiger partial charge in [0, 0.05) is 49.0 Å². The Hall–Kier alpha value is -2.21. The van der Waals surface area contributed by atoms with Crippen LogP contribution in [-0.2, 0) is 22.7 Å². The van der Waals surface area contributed by atoms with Crippen molar-refractivity contribution in [2.24, 2.45) is 0 Å². The molecule has 0 bridgehead atoms. The third-order valence-corrected chi connectivity index (χ3v) is 7.81. The minimum absolute atomic E-state index is 0.0996. The van der Waals surface area contributed by atoms with Crippen LogP contribution in [-0.4, -0.2) is 39.6 Å². The van der Waals surface area contributed by atoms with Crippen molar-refractivity contribution in [3.8, 4) is 0 Å². The second-order valence-corrected chi connectivity index (χ2v) is 9.95. The minimum Gasteiger partial charge on any atom is -0.354 e. The summed E-state index contributed by atoms with van der Waals surface area (Å²) in [6.07, 6.45) is -2.76. The maximum absolute atomic E-state index is 12.8. The first-order valence-electron chi connectivity index (χ1n) is 9.24. The Morgan fingerprint density at radius 2 is 1.83 bits per heavy atom. The molecule has 1 aliphatic heterocycles. The highest BCUT2D eigenvalue weighted by atomic mass is 32.2. The quantitative estimate of drug-likeness (QED) is 0.617. The number of halogens is 3. The molecule has 0 spiro atoms. The van der Waals surface area contributed by atoms with E-state index in [1.54, 1.807) is 18.3 Å². The molecule has 4 rings (SSSR count). The number of anilines is 1. The molecule has 11 heteroatoms. The van der Waals surface area contributed by atoms with E-state index in [1.165, 1.54) is 12.1 Å². The number of aromatic nitrogens is 1. The van der Waals surface area contributed by atoms with Crippen molar-refractivity contribution in [3.05, 3.63) is 53.7 Å². The molecule has 2 N–H and O–H groups in total. The molecule has 6 nitrogen and oxygen atoms in total. The van der Waals surface area contributed by atoms with Crippen LogP contribution in [0, 0.1) is 0 Å². The third-order valence-electron chi connectivity index (χ3n) is 4.83. The van der Waals surface area contributed by atoms with Crippen molar-refractivity contribution in [3.63, 3.8) is 0 Å². The van der Waals surface area contributed by atoms with Gasteiger partial charge in [-0.2, -0.15) is 13.2 Å². The van der Waals surface area contributed by atoms with E-state index in [1.807, 2.05) is 0 Å². The lowest BCUT2D eigenvalue weighted by molar-refractivity contribution is -0.137. The predicted molar refractivity (Wildman–Crippen MR) is 110 cm³/mol. The van der Waals surface area contributed by atoms with Gasteiger partial charge in [0.05, 0.1) is 5.56 Å². The average molecular weight is 457 g/mol. The zero-order chi connectivity index (χ0) is 21.4. The van der Waals surface area contributed by atoms with E-state index in [-0.39, 0.29) is 10.8 Å². The van der Waals surface area contributed by atoms with Gasteiger partial charge >= 0.3 is 6.18 Å². The number of nitrogens with zero attached hydrogens (tertiary/aromatic N) is 2. The number of sulfonamides is 1. The van der Waals surface area contributed by atoms with Crippen LogP contribution in [0.2, 0.25) is 0 Å². The first-order valence-corrected chi connectivity index (χ1v) is 11.5. The predicted octanol–water partition coefficient (Wildman–Crippen LogP) is 3.20. The lowest BCUT2D eigenvalue weighted by Gasteiger charge is -2.28. The maximum atomic E-state index is 12.8. The number of hydrogen-bond acceptors (Lipinski definition) is 6. The first-order chi connectivity index (χ1) is 14.2. The standard InChI is InChI=1S/C19H19F3N4O2S2/c20-19(21,22)14-3-1-13(2-4-14)12-25-30(27,28)17-11-15-16(29-17)5-6-24-18(15)26-9-7-23-8-10-26/h1-6,11,23,25H,7-10,12H2. The number of piperazine rings is 1. The zero-order valence-corrected chi connectivity index (χ0v) is 17.4. The summed E-state index contributed by atoms with van der Waals surface area (Å²) in [6.45, 7) is 3.15. The maximum Gasteiger partial charge on any atom is 0.416 e. The molecule has 0 aliphatic carbocycles. The summed E-state index contributed by atoms with van der Waals surface area (Å²) in [7, 11) is -3.82. The monoisotopic (exact) mass is 456 g/mol. The fourth-order valence-corrected chi connectivity index (χ4v) is 5.69. The molecular formula is C19H19F3N4O2S2. The van der Waals surface area contributed by atoms with Gasteiger partial charge in [0.25, 0.3) is 0 Å². The molecule has 30 heavy (non-hydrogen) atoms. The summed E-state index contributed by atoms with van der Waals surface area (Å²) in [5, 5.41) is 4.05. The van der Waals surface area contributed by atoms with E-state index in [0.717, 1.165) is 65.6 Å². The summed E-state index contributed by atoms with van der Waals surface area (Å²) in [5.41, 5.74) is -0.331. The highest BCUT2D eigenvalue weighted by molar-refractivity contribution is 7.91. The number of nitrogens with one attached hydrogen (secondary N) is 2. The fourth-order valence-electron chi connectivity index (χ4n) is 3.25. The van der Waals surface area contributed by atoms with Crippen LogP contribution in [0.25, 0.3) is 10.1 Å². The molecule has 1 aliphatic rings. The lowest BCUT2D eigenvalue weighted by Crippen LogP contribution is -2.43. The Kier molecular flexibility index (Phi) is 5.71. The van der Waals surface area contributed by atoms with E-state index < -0.39 is 21.8 Å². The van der Waals surface area contributed by atoms with Crippen LogP contribution in [0.15, 0.2) is 46.8 Å². The molecule has 0 radical (unpaired) electrons. The number of pyridine rings is 1. The van der Waals surface area contributed by atoms with Crippen LogP contribution in [0.4, 0.5) is 19.0 Å². The minimum atomic E-state index is -4.43. The summed E-state index contributed by atoms with van der Waals surface area (Å²) in [4.78, 5) is 6.57. The van der Waals surface area contributed by atoms with Gasteiger partial charge in [0.1, 0.15) is 10.0 Å². The largest absolute Gasteiger partial charge is 0.416 e. The van der Waals surface area contributed by atoms with Gasteiger partial charge in [-0.15, -0.1) is 11.3 Å². The van der Waals surface area contributed by atoms with Gasteiger partial charge in [-0.05, 0) is 29.8 Å². The molecule has 0 unspecified atom stereocenters. The van der Waals surface area contributed by atoms with Crippen molar-refractivity contribution in [2.45, 2.75) is 16.9 Å². The Bertz CT molecular complexity index is 1140. The van der Waals surface area contributed by atoms with E-state index in [4.69, 9.17) is 0 Å². The molecule has 160 valence electrons. The van der Waals surface area contributed by atoms with Crippen molar-refractivity contribution < 1.29 is 21.6 Å². The molecule has 1 saturated heterocycles. The second-order valence-electron chi connectivity index (χ2n) is 6.87. The number of fused-ring (bicyclic) bond motifs is 1. The molecular weight excluding hydrogens is 437 g/mol. The van der Waals surface area contributed by atoms with Crippen molar-refractivity contribution in [1.29, 1.82) is 0 Å². The van der Waals surface area contributed by atoms with Crippen LogP contribution in [0.3, 0.4) is 0 Å². The zero-order valence-electron chi connectivity index (χ0n) is 15.7. The Morgan fingerprint density at radius 1 is 1.13 bits per heavy atom. The van der Waals surface area contributed by atoms with Gasteiger partial charge in [-0.25, -0.2) is 18.1 Å². The molecule has 0 saturated carbocycles. The van der Waals surface area contributed by atoms with Crippen LogP contribution < -0.4 is 14.9 Å². The van der Waals surface area contributed by atoms with Gasteiger partial charge in [0.15, 0.2) is 0 Å². The van der Waals surface area contributed by atoms with Crippen LogP contribution in [0.5, 0.6) is 0 Å². The summed E-state index contributed by atoms with van der Waals surface area (Å²) in [6, 6.07) is 7.80. The Morgan fingerprint density at radius 3 is 2.50 bits per heavy atom. The van der Waals surface area contributed by atoms with Crippen molar-refractivity contribution >= 4 is 37.3 Å². The normalized spacial score (nSPS) is 15.6. The number of alkyl halides is 3. The molecule has 3 heterocycles. The average Bonchev–Trinajstić information content (AvgIpc) is 3.18. The van der Waals surface area contributed by atoms with Gasteiger partial charge in [0.2, 0.25) is 10.0 Å². The lowest BCUT2D eigenvalue weighted by atomic mass is 10.1. The van der Waals surface area contributed by atoms with E-state index in [0.29, 0.717) is 5.56 Å². The highest BCUT2D eigenvalue weighted by Gasteiger charge is 2.30. The Balaban J connectivity index is 1.54. The van der Waals surface area contributed by atoms with E-state index >= 15 is 0 Å². The molecule has 1 aromatic carbocycles. The van der Waals surface area contributed by atoms with Crippen LogP contribution >= 0.6 is 11.3 Å². The molecule has 2 aromatic heterocycles. The summed E-state index contributed by atoms with van der Waals surface area (Å²) in [5.74, 6) is 0.759. The second kappa shape index (κ2) is 8.14. The van der Waals surface area contributed by atoms with Gasteiger partial charge < -0.3 is 10.2 Å². The molecule has 0 amide bonds.